The maximum Gasteiger partial charge on any atom is 0.306 e. The van der Waals surface area contributed by atoms with Crippen molar-refractivity contribution in [3.63, 3.8) is 0 Å². The van der Waals surface area contributed by atoms with Gasteiger partial charge in [-0.3, -0.25) is 9.69 Å². The number of ether oxygens (including phenoxy) is 1. The fourth-order valence-corrected chi connectivity index (χ4v) is 3.28. The Balaban J connectivity index is 2.17. The van der Waals surface area contributed by atoms with E-state index in [2.05, 4.69) is 11.8 Å². The lowest BCUT2D eigenvalue weighted by molar-refractivity contribution is -0.143. The van der Waals surface area contributed by atoms with Crippen LogP contribution >= 0.6 is 11.6 Å². The quantitative estimate of drug-likeness (QED) is 0.902. The second kappa shape index (κ2) is 7.14. The molecule has 1 aliphatic heterocycles. The molecule has 1 heterocycles. The van der Waals surface area contributed by atoms with Crippen molar-refractivity contribution in [2.45, 2.75) is 32.2 Å². The molecule has 1 aromatic rings. The number of carboxylic acid groups (broad SMARTS) is 1. The van der Waals surface area contributed by atoms with E-state index >= 15 is 0 Å². The van der Waals surface area contributed by atoms with E-state index < -0.39 is 5.97 Å². The molecule has 21 heavy (non-hydrogen) atoms. The molecule has 0 spiro atoms. The minimum atomic E-state index is -0.678. The molecule has 1 unspecified atom stereocenters. The van der Waals surface area contributed by atoms with Crippen LogP contribution in [0.15, 0.2) is 18.2 Å². The number of nitrogens with zero attached hydrogens (tertiary/aromatic N) is 1. The van der Waals surface area contributed by atoms with Gasteiger partial charge in [-0.1, -0.05) is 18.5 Å². The molecule has 0 saturated carbocycles. The third-order valence-corrected chi connectivity index (χ3v) is 4.49. The number of carbonyl (C=O) groups is 1. The summed E-state index contributed by atoms with van der Waals surface area (Å²) >= 11 is 6.13. The maximum absolute atomic E-state index is 11.1. The number of benzene rings is 1. The molecular formula is C16H22ClNO3. The van der Waals surface area contributed by atoms with E-state index in [1.165, 1.54) is 0 Å². The summed E-state index contributed by atoms with van der Waals surface area (Å²) in [7, 11) is 1.66. The minimum absolute atomic E-state index is 0.208. The van der Waals surface area contributed by atoms with Crippen LogP contribution in [-0.4, -0.2) is 36.2 Å². The lowest BCUT2D eigenvalue weighted by atomic mass is 9.93. The third-order valence-electron chi connectivity index (χ3n) is 4.26. The van der Waals surface area contributed by atoms with Gasteiger partial charge in [0.2, 0.25) is 0 Å². The number of aliphatic carboxylic acids is 1. The lowest BCUT2D eigenvalue weighted by Crippen LogP contribution is -2.38. The van der Waals surface area contributed by atoms with E-state index in [-0.39, 0.29) is 12.0 Å². The molecule has 0 amide bonds. The number of rotatable bonds is 5. The predicted molar refractivity (Wildman–Crippen MR) is 83.0 cm³/mol. The second-order valence-corrected chi connectivity index (χ2v) is 5.90. The van der Waals surface area contributed by atoms with E-state index in [4.69, 9.17) is 21.4 Å². The van der Waals surface area contributed by atoms with Gasteiger partial charge >= 0.3 is 5.97 Å². The molecule has 1 saturated heterocycles. The molecule has 4 nitrogen and oxygen atoms in total. The van der Waals surface area contributed by atoms with Crippen LogP contribution in [0.4, 0.5) is 0 Å². The van der Waals surface area contributed by atoms with Gasteiger partial charge in [0.05, 0.1) is 13.0 Å². The first-order chi connectivity index (χ1) is 10.1. The fourth-order valence-electron chi connectivity index (χ4n) is 3.10. The van der Waals surface area contributed by atoms with Crippen LogP contribution in [0.3, 0.4) is 0 Å². The Morgan fingerprint density at radius 3 is 2.67 bits per heavy atom. The molecule has 0 aromatic heterocycles. The van der Waals surface area contributed by atoms with Crippen LogP contribution in [0.25, 0.3) is 0 Å². The van der Waals surface area contributed by atoms with Crippen molar-refractivity contribution < 1.29 is 14.6 Å². The van der Waals surface area contributed by atoms with Crippen LogP contribution in [-0.2, 0) is 4.79 Å². The Labute approximate surface area is 130 Å². The van der Waals surface area contributed by atoms with Crippen LogP contribution in [0.2, 0.25) is 5.02 Å². The van der Waals surface area contributed by atoms with Crippen LogP contribution in [0.5, 0.6) is 5.75 Å². The largest absolute Gasteiger partial charge is 0.496 e. The Kier molecular flexibility index (Phi) is 5.48. The van der Waals surface area contributed by atoms with Gasteiger partial charge in [-0.05, 0) is 50.6 Å². The van der Waals surface area contributed by atoms with Crippen LogP contribution in [0, 0.1) is 5.92 Å². The Morgan fingerprint density at radius 1 is 1.48 bits per heavy atom. The molecule has 1 aliphatic rings. The van der Waals surface area contributed by atoms with E-state index in [0.29, 0.717) is 17.9 Å². The standard InChI is InChI=1S/C16H22ClNO3/c1-3-14(13-10-12(17)4-5-15(13)21-2)18-8-6-11(7-9-18)16(19)20/h4-5,10-11,14H,3,6-9H2,1-2H3,(H,19,20). The number of carboxylic acids is 1. The molecule has 1 fully saturated rings. The number of hydrogen-bond acceptors (Lipinski definition) is 3. The van der Waals surface area contributed by atoms with Gasteiger partial charge < -0.3 is 9.84 Å². The van der Waals surface area contributed by atoms with E-state index in [0.717, 1.165) is 30.8 Å². The number of methoxy groups -OCH3 is 1. The maximum atomic E-state index is 11.1. The van der Waals surface area contributed by atoms with E-state index in [1.54, 1.807) is 7.11 Å². The van der Waals surface area contributed by atoms with Crippen molar-refractivity contribution in [1.82, 2.24) is 4.90 Å². The molecule has 2 rings (SSSR count). The summed E-state index contributed by atoms with van der Waals surface area (Å²) in [6.07, 6.45) is 2.35. The van der Waals surface area contributed by atoms with E-state index in [9.17, 15) is 4.79 Å². The lowest BCUT2D eigenvalue weighted by Gasteiger charge is -2.36. The van der Waals surface area contributed by atoms with Crippen molar-refractivity contribution in [1.29, 1.82) is 0 Å². The summed E-state index contributed by atoms with van der Waals surface area (Å²) < 4.78 is 5.45. The highest BCUT2D eigenvalue weighted by molar-refractivity contribution is 6.30. The highest BCUT2D eigenvalue weighted by Gasteiger charge is 2.29. The van der Waals surface area contributed by atoms with Gasteiger partial charge in [0.25, 0.3) is 0 Å². The van der Waals surface area contributed by atoms with Crippen molar-refractivity contribution in [3.05, 3.63) is 28.8 Å². The van der Waals surface area contributed by atoms with Crippen molar-refractivity contribution in [3.8, 4) is 5.75 Å². The number of piperidine rings is 1. The first-order valence-electron chi connectivity index (χ1n) is 7.37. The molecule has 0 aliphatic carbocycles. The number of hydrogen-bond donors (Lipinski definition) is 1. The smallest absolute Gasteiger partial charge is 0.306 e. The molecule has 1 N–H and O–H groups in total. The second-order valence-electron chi connectivity index (χ2n) is 5.46. The summed E-state index contributed by atoms with van der Waals surface area (Å²) in [6, 6.07) is 5.89. The summed E-state index contributed by atoms with van der Waals surface area (Å²) in [5.41, 5.74) is 1.08. The molecule has 116 valence electrons. The SMILES string of the molecule is CCC(c1cc(Cl)ccc1OC)N1CCC(C(=O)O)CC1. The summed E-state index contributed by atoms with van der Waals surface area (Å²) in [5, 5.41) is 9.80. The zero-order valence-electron chi connectivity index (χ0n) is 12.5. The fraction of sp³-hybridized carbons (Fsp3) is 0.562. The Hall–Kier alpha value is -1.26. The highest BCUT2D eigenvalue weighted by atomic mass is 35.5. The average Bonchev–Trinajstić information content (AvgIpc) is 2.49. The van der Waals surface area contributed by atoms with Gasteiger partial charge in [-0.15, -0.1) is 0 Å². The van der Waals surface area contributed by atoms with Gasteiger partial charge in [0.1, 0.15) is 5.75 Å². The monoisotopic (exact) mass is 311 g/mol. The normalized spacial score (nSPS) is 18.4. The topological polar surface area (TPSA) is 49.8 Å². The highest BCUT2D eigenvalue weighted by Crippen LogP contribution is 2.35. The Morgan fingerprint density at radius 2 is 2.14 bits per heavy atom. The zero-order chi connectivity index (χ0) is 15.4. The first kappa shape index (κ1) is 16.1. The average molecular weight is 312 g/mol. The number of halogens is 1. The van der Waals surface area contributed by atoms with Gasteiger partial charge in [-0.25, -0.2) is 0 Å². The van der Waals surface area contributed by atoms with Crippen molar-refractivity contribution in [2.24, 2.45) is 5.92 Å². The molecular weight excluding hydrogens is 290 g/mol. The van der Waals surface area contributed by atoms with Gasteiger partial charge in [0.15, 0.2) is 0 Å². The summed E-state index contributed by atoms with van der Waals surface area (Å²) in [6.45, 7) is 3.73. The predicted octanol–water partition coefficient (Wildman–Crippen LogP) is 3.60. The van der Waals surface area contributed by atoms with E-state index in [1.807, 2.05) is 18.2 Å². The van der Waals surface area contributed by atoms with Crippen LogP contribution in [0.1, 0.15) is 37.8 Å². The summed E-state index contributed by atoms with van der Waals surface area (Å²) in [5.74, 6) is -0.0466. The zero-order valence-corrected chi connectivity index (χ0v) is 13.3. The number of likely N-dealkylation sites (tertiary alicyclic amines) is 1. The van der Waals surface area contributed by atoms with Gasteiger partial charge in [-0.2, -0.15) is 0 Å². The third kappa shape index (κ3) is 3.69. The minimum Gasteiger partial charge on any atom is -0.496 e. The van der Waals surface area contributed by atoms with Crippen molar-refractivity contribution >= 4 is 17.6 Å². The van der Waals surface area contributed by atoms with Gasteiger partial charge in [0, 0.05) is 16.6 Å². The first-order valence-corrected chi connectivity index (χ1v) is 7.74. The molecule has 5 heteroatoms. The molecule has 1 aromatic carbocycles. The summed E-state index contributed by atoms with van der Waals surface area (Å²) in [4.78, 5) is 13.4. The van der Waals surface area contributed by atoms with Crippen LogP contribution < -0.4 is 4.74 Å². The Bertz CT molecular complexity index is 498. The molecule has 0 bridgehead atoms. The molecule has 1 atom stereocenters. The molecule has 0 radical (unpaired) electrons. The van der Waals surface area contributed by atoms with Crippen molar-refractivity contribution in [2.75, 3.05) is 20.2 Å².